The lowest BCUT2D eigenvalue weighted by molar-refractivity contribution is 0.0343. The van der Waals surface area contributed by atoms with Crippen molar-refractivity contribution in [2.75, 3.05) is 38.6 Å². The van der Waals surface area contributed by atoms with E-state index in [1.54, 1.807) is 66.4 Å². The van der Waals surface area contributed by atoms with Gasteiger partial charge in [-0.15, -0.1) is 0 Å². The summed E-state index contributed by atoms with van der Waals surface area (Å²) in [6.45, 7) is 4.69. The van der Waals surface area contributed by atoms with Crippen LogP contribution in [0.4, 0.5) is 5.69 Å². The number of sulfonamides is 1. The van der Waals surface area contributed by atoms with Crippen LogP contribution in [0.1, 0.15) is 40.1 Å². The molecule has 12 heteroatoms. The molecule has 11 nitrogen and oxygen atoms in total. The van der Waals surface area contributed by atoms with Gasteiger partial charge in [-0.1, -0.05) is 25.1 Å². The van der Waals surface area contributed by atoms with Crippen LogP contribution in [0.15, 0.2) is 71.6 Å². The standard InChI is InChI=1S/C31H37N3O8S/c1-20-16-34(21(2)19-35)30(36)26-6-5-7-27(32-43(39,40)25-14-12-24(41-4)13-15-25)29(26)42-28(20)18-33(3)17-22-8-10-23(11-9-22)31(37)38/h5-15,20-21,28,32,35H,16-19H2,1-4H3,(H,37,38)/t20-,21-,28-/m0/s1. The summed E-state index contributed by atoms with van der Waals surface area (Å²) in [7, 11) is -0.662. The van der Waals surface area contributed by atoms with E-state index in [1.165, 1.54) is 19.2 Å². The van der Waals surface area contributed by atoms with Crippen molar-refractivity contribution in [2.45, 2.75) is 37.4 Å². The van der Waals surface area contributed by atoms with Crippen LogP contribution >= 0.6 is 0 Å². The molecule has 3 N–H and O–H groups in total. The number of likely N-dealkylation sites (N-methyl/N-ethyl adjacent to an activating group) is 1. The number of rotatable bonds is 11. The highest BCUT2D eigenvalue weighted by Gasteiger charge is 2.35. The zero-order chi connectivity index (χ0) is 31.3. The number of fused-ring (bicyclic) bond motifs is 1. The maximum absolute atomic E-state index is 13.7. The van der Waals surface area contributed by atoms with E-state index in [0.29, 0.717) is 25.4 Å². The molecule has 0 bridgehead atoms. The van der Waals surface area contributed by atoms with Gasteiger partial charge in [0.05, 0.1) is 41.5 Å². The molecular formula is C31H37N3O8S. The van der Waals surface area contributed by atoms with Crippen molar-refractivity contribution in [1.82, 2.24) is 9.80 Å². The summed E-state index contributed by atoms with van der Waals surface area (Å²) in [6.07, 6.45) is -0.477. The van der Waals surface area contributed by atoms with Crippen molar-refractivity contribution in [3.05, 3.63) is 83.4 Å². The van der Waals surface area contributed by atoms with Crippen molar-refractivity contribution in [3.63, 3.8) is 0 Å². The largest absolute Gasteiger partial charge is 0.497 e. The van der Waals surface area contributed by atoms with E-state index in [0.717, 1.165) is 5.56 Å². The third-order valence-corrected chi connectivity index (χ3v) is 8.83. The molecule has 3 aromatic rings. The molecule has 3 atom stereocenters. The Bertz CT molecular complexity index is 1540. The Balaban J connectivity index is 1.67. The maximum atomic E-state index is 13.7. The Kier molecular flexibility index (Phi) is 9.95. The summed E-state index contributed by atoms with van der Waals surface area (Å²) in [5, 5.41) is 19.1. The minimum Gasteiger partial charge on any atom is -0.497 e. The van der Waals surface area contributed by atoms with Crippen LogP contribution in [0.2, 0.25) is 0 Å². The highest BCUT2D eigenvalue weighted by Crippen LogP contribution is 2.36. The number of amides is 1. The highest BCUT2D eigenvalue weighted by molar-refractivity contribution is 7.92. The third-order valence-electron chi connectivity index (χ3n) is 7.45. The molecule has 0 aliphatic carbocycles. The van der Waals surface area contributed by atoms with Gasteiger partial charge < -0.3 is 24.6 Å². The molecule has 0 aromatic heterocycles. The van der Waals surface area contributed by atoms with Gasteiger partial charge in [0.2, 0.25) is 0 Å². The molecular weight excluding hydrogens is 574 g/mol. The van der Waals surface area contributed by atoms with Crippen LogP contribution in [-0.2, 0) is 16.6 Å². The predicted octanol–water partition coefficient (Wildman–Crippen LogP) is 3.55. The molecule has 4 rings (SSSR count). The normalized spacial score (nSPS) is 17.8. The van der Waals surface area contributed by atoms with Crippen LogP contribution < -0.4 is 14.2 Å². The molecule has 0 spiro atoms. The number of carboxylic acids is 1. The van der Waals surface area contributed by atoms with Crippen molar-refractivity contribution in [3.8, 4) is 11.5 Å². The molecule has 3 aromatic carbocycles. The van der Waals surface area contributed by atoms with Crippen LogP contribution in [0.3, 0.4) is 0 Å². The molecule has 0 fully saturated rings. The van der Waals surface area contributed by atoms with Gasteiger partial charge in [-0.25, -0.2) is 13.2 Å². The fourth-order valence-corrected chi connectivity index (χ4v) is 6.00. The lowest BCUT2D eigenvalue weighted by Crippen LogP contribution is -2.49. The van der Waals surface area contributed by atoms with Gasteiger partial charge in [0.15, 0.2) is 5.75 Å². The number of aliphatic hydroxyl groups is 1. The number of carbonyl (C=O) groups is 2. The van der Waals surface area contributed by atoms with Gasteiger partial charge >= 0.3 is 5.97 Å². The second kappa shape index (κ2) is 13.4. The minimum absolute atomic E-state index is 0.0113. The number of ether oxygens (including phenoxy) is 2. The molecule has 1 aliphatic heterocycles. The molecule has 1 aliphatic rings. The molecule has 0 radical (unpaired) electrons. The molecule has 230 valence electrons. The lowest BCUT2D eigenvalue weighted by Gasteiger charge is -2.38. The first kappa shape index (κ1) is 31.8. The predicted molar refractivity (Wildman–Crippen MR) is 161 cm³/mol. The number of carbonyl (C=O) groups excluding carboxylic acids is 1. The smallest absolute Gasteiger partial charge is 0.335 e. The van der Waals surface area contributed by atoms with Crippen molar-refractivity contribution < 1.29 is 37.7 Å². The second-order valence-electron chi connectivity index (χ2n) is 10.8. The topological polar surface area (TPSA) is 146 Å². The number of aliphatic hydroxyl groups excluding tert-OH is 1. The fraction of sp³-hybridized carbons (Fsp3) is 0.355. The van der Waals surface area contributed by atoms with Crippen molar-refractivity contribution in [2.24, 2.45) is 5.92 Å². The first-order chi connectivity index (χ1) is 20.4. The second-order valence-corrected chi connectivity index (χ2v) is 12.5. The van der Waals surface area contributed by atoms with Crippen molar-refractivity contribution in [1.29, 1.82) is 0 Å². The summed E-state index contributed by atoms with van der Waals surface area (Å²) in [5.74, 6) is -0.955. The van der Waals surface area contributed by atoms with E-state index in [4.69, 9.17) is 9.47 Å². The fourth-order valence-electron chi connectivity index (χ4n) is 4.94. The maximum Gasteiger partial charge on any atom is 0.335 e. The minimum atomic E-state index is -4.05. The SMILES string of the molecule is COc1ccc(S(=O)(=O)Nc2cccc3c2O[C@@H](CN(C)Cc2ccc(C(=O)O)cc2)[C@@H](C)CN([C@@H](C)CO)C3=O)cc1. The summed E-state index contributed by atoms with van der Waals surface area (Å²) in [6, 6.07) is 16.8. The van der Waals surface area contributed by atoms with Crippen molar-refractivity contribution >= 4 is 27.6 Å². The molecule has 0 saturated carbocycles. The Labute approximate surface area is 251 Å². The Morgan fingerprint density at radius 3 is 2.42 bits per heavy atom. The first-order valence-electron chi connectivity index (χ1n) is 13.8. The van der Waals surface area contributed by atoms with E-state index in [2.05, 4.69) is 4.72 Å². The summed E-state index contributed by atoms with van der Waals surface area (Å²) < 4.78 is 40.9. The van der Waals surface area contributed by atoms with Crippen LogP contribution in [0.5, 0.6) is 11.5 Å². The zero-order valence-corrected chi connectivity index (χ0v) is 25.4. The number of hydrogen-bond donors (Lipinski definition) is 3. The first-order valence-corrected chi connectivity index (χ1v) is 15.3. The van der Waals surface area contributed by atoms with Crippen LogP contribution in [0, 0.1) is 5.92 Å². The van der Waals surface area contributed by atoms with Gasteiger partial charge in [0.25, 0.3) is 15.9 Å². The summed E-state index contributed by atoms with van der Waals surface area (Å²) in [4.78, 5) is 28.6. The molecule has 0 saturated heterocycles. The van der Waals surface area contributed by atoms with Gasteiger partial charge in [-0.2, -0.15) is 0 Å². The Morgan fingerprint density at radius 1 is 1.14 bits per heavy atom. The molecule has 43 heavy (non-hydrogen) atoms. The number of nitrogens with one attached hydrogen (secondary N) is 1. The highest BCUT2D eigenvalue weighted by atomic mass is 32.2. The summed E-state index contributed by atoms with van der Waals surface area (Å²) >= 11 is 0. The zero-order valence-electron chi connectivity index (χ0n) is 24.6. The van der Waals surface area contributed by atoms with Gasteiger partial charge in [0, 0.05) is 25.6 Å². The number of methoxy groups -OCH3 is 1. The molecule has 1 heterocycles. The molecule has 0 unspecified atom stereocenters. The van der Waals surface area contributed by atoms with Gasteiger partial charge in [-0.05, 0) is 68.1 Å². The van der Waals surface area contributed by atoms with Crippen LogP contribution in [-0.4, -0.2) is 86.3 Å². The summed E-state index contributed by atoms with van der Waals surface area (Å²) in [5.41, 5.74) is 1.40. The number of nitrogens with zero attached hydrogens (tertiary/aromatic N) is 2. The number of hydrogen-bond acceptors (Lipinski definition) is 8. The molecule has 1 amide bonds. The van der Waals surface area contributed by atoms with E-state index in [-0.39, 0.29) is 45.9 Å². The average Bonchev–Trinajstić information content (AvgIpc) is 2.99. The van der Waals surface area contributed by atoms with Crippen LogP contribution in [0.25, 0.3) is 0 Å². The number of anilines is 1. The quantitative estimate of drug-likeness (QED) is 0.296. The van der Waals surface area contributed by atoms with E-state index >= 15 is 0 Å². The average molecular weight is 612 g/mol. The number of benzene rings is 3. The number of carboxylic acid groups (broad SMARTS) is 1. The Morgan fingerprint density at radius 2 is 1.81 bits per heavy atom. The number of para-hydroxylation sites is 1. The van der Waals surface area contributed by atoms with E-state index in [1.807, 2.05) is 18.9 Å². The monoisotopic (exact) mass is 611 g/mol. The van der Waals surface area contributed by atoms with Gasteiger partial charge in [0.1, 0.15) is 11.9 Å². The Hall–Kier alpha value is -4.13. The van der Waals surface area contributed by atoms with E-state index in [9.17, 15) is 28.2 Å². The lowest BCUT2D eigenvalue weighted by atomic mass is 9.99. The third kappa shape index (κ3) is 7.45. The van der Waals surface area contributed by atoms with Gasteiger partial charge in [-0.3, -0.25) is 14.4 Å². The number of aromatic carboxylic acids is 1. The van der Waals surface area contributed by atoms with E-state index < -0.39 is 28.1 Å².